The summed E-state index contributed by atoms with van der Waals surface area (Å²) in [4.78, 5) is 4.48. The zero-order valence-corrected chi connectivity index (χ0v) is 14.6. The second kappa shape index (κ2) is 11.3. The maximum atomic E-state index is 4.48. The van der Waals surface area contributed by atoms with Gasteiger partial charge in [-0.05, 0) is 41.0 Å². The van der Waals surface area contributed by atoms with E-state index in [1.54, 1.807) is 0 Å². The molecule has 1 aromatic heterocycles. The van der Waals surface area contributed by atoms with Crippen molar-refractivity contribution in [2.24, 2.45) is 0 Å². The van der Waals surface area contributed by atoms with Crippen LogP contribution in [0.2, 0.25) is 0 Å². The molecular weight excluding hydrogens is 312 g/mol. The number of hydrogen-bond acceptors (Lipinski definition) is 2. The first-order chi connectivity index (χ1) is 9.76. The van der Waals surface area contributed by atoms with Gasteiger partial charge in [-0.25, -0.2) is 0 Å². The lowest BCUT2D eigenvalue weighted by molar-refractivity contribution is 0.456. The lowest BCUT2D eigenvalue weighted by Crippen LogP contribution is -2.31. The van der Waals surface area contributed by atoms with Crippen molar-refractivity contribution >= 4 is 15.9 Å². The monoisotopic (exact) mass is 340 g/mol. The second-order valence-corrected chi connectivity index (χ2v) is 6.40. The van der Waals surface area contributed by atoms with Gasteiger partial charge in [0.05, 0.1) is 0 Å². The molecule has 0 amide bonds. The molecule has 0 bridgehead atoms. The van der Waals surface area contributed by atoms with E-state index < -0.39 is 0 Å². The Balaban J connectivity index is 2.27. The summed E-state index contributed by atoms with van der Waals surface area (Å²) in [5, 5.41) is 3.60. The molecule has 0 spiro atoms. The Morgan fingerprint density at radius 3 is 2.50 bits per heavy atom. The molecule has 3 heteroatoms. The molecule has 0 aromatic carbocycles. The fourth-order valence-electron chi connectivity index (χ4n) is 2.52. The van der Waals surface area contributed by atoms with Gasteiger partial charge in [-0.1, -0.05) is 52.4 Å². The number of pyridine rings is 1. The normalized spacial score (nSPS) is 12.6. The van der Waals surface area contributed by atoms with Crippen LogP contribution < -0.4 is 5.32 Å². The van der Waals surface area contributed by atoms with Crippen molar-refractivity contribution in [1.82, 2.24) is 10.3 Å². The standard InChI is InChI=1S/C17H29BrN2/c1-3-5-6-7-8-9-10-16(19-4-2)13-17-12-11-15(18)14-20-17/h11-12,14,16,19H,3-10,13H2,1-2H3. The molecule has 0 saturated carbocycles. The van der Waals surface area contributed by atoms with Crippen LogP contribution in [0.25, 0.3) is 0 Å². The Morgan fingerprint density at radius 1 is 1.10 bits per heavy atom. The van der Waals surface area contributed by atoms with E-state index in [1.165, 1.54) is 50.6 Å². The van der Waals surface area contributed by atoms with Gasteiger partial charge in [-0.3, -0.25) is 4.98 Å². The van der Waals surface area contributed by atoms with E-state index in [4.69, 9.17) is 0 Å². The minimum Gasteiger partial charge on any atom is -0.314 e. The minimum atomic E-state index is 0.569. The number of nitrogens with zero attached hydrogens (tertiary/aromatic N) is 1. The van der Waals surface area contributed by atoms with Crippen molar-refractivity contribution in [2.75, 3.05) is 6.54 Å². The molecule has 114 valence electrons. The zero-order chi connectivity index (χ0) is 14.6. The highest BCUT2D eigenvalue weighted by Crippen LogP contribution is 2.13. The highest BCUT2D eigenvalue weighted by Gasteiger charge is 2.09. The topological polar surface area (TPSA) is 24.9 Å². The van der Waals surface area contributed by atoms with Crippen molar-refractivity contribution in [2.45, 2.75) is 71.3 Å². The van der Waals surface area contributed by atoms with E-state index in [0.717, 1.165) is 17.4 Å². The van der Waals surface area contributed by atoms with Crippen molar-refractivity contribution in [3.05, 3.63) is 28.5 Å². The molecule has 1 unspecified atom stereocenters. The molecule has 1 atom stereocenters. The molecule has 1 aromatic rings. The summed E-state index contributed by atoms with van der Waals surface area (Å²) in [5.41, 5.74) is 1.19. The SMILES string of the molecule is CCCCCCCCC(Cc1ccc(Br)cn1)NCC. The summed E-state index contributed by atoms with van der Waals surface area (Å²) in [6.07, 6.45) is 12.4. The molecule has 1 rings (SSSR count). The molecule has 2 nitrogen and oxygen atoms in total. The van der Waals surface area contributed by atoms with Crippen molar-refractivity contribution in [3.8, 4) is 0 Å². The Bertz CT molecular complexity index is 337. The van der Waals surface area contributed by atoms with Gasteiger partial charge < -0.3 is 5.32 Å². The first kappa shape index (κ1) is 17.6. The summed E-state index contributed by atoms with van der Waals surface area (Å²) < 4.78 is 1.05. The van der Waals surface area contributed by atoms with Gasteiger partial charge in [-0.15, -0.1) is 0 Å². The van der Waals surface area contributed by atoms with Gasteiger partial charge >= 0.3 is 0 Å². The fourth-order valence-corrected chi connectivity index (χ4v) is 2.75. The minimum absolute atomic E-state index is 0.569. The van der Waals surface area contributed by atoms with Crippen LogP contribution in [0, 0.1) is 0 Å². The maximum Gasteiger partial charge on any atom is 0.0419 e. The van der Waals surface area contributed by atoms with Gasteiger partial charge in [0.15, 0.2) is 0 Å². The average Bonchev–Trinajstić information content (AvgIpc) is 2.45. The Morgan fingerprint density at radius 2 is 1.85 bits per heavy atom. The number of unbranched alkanes of at least 4 members (excludes halogenated alkanes) is 5. The molecule has 0 aliphatic rings. The van der Waals surface area contributed by atoms with Gasteiger partial charge in [0.2, 0.25) is 0 Å². The molecule has 0 radical (unpaired) electrons. The number of hydrogen-bond donors (Lipinski definition) is 1. The second-order valence-electron chi connectivity index (χ2n) is 5.48. The number of halogens is 1. The predicted octanol–water partition coefficient (Wildman–Crippen LogP) is 5.12. The quantitative estimate of drug-likeness (QED) is 0.565. The van der Waals surface area contributed by atoms with E-state index in [9.17, 15) is 0 Å². The van der Waals surface area contributed by atoms with Crippen LogP contribution in [0.4, 0.5) is 0 Å². The third kappa shape index (κ3) is 8.01. The molecule has 1 N–H and O–H groups in total. The number of likely N-dealkylation sites (N-methyl/N-ethyl adjacent to an activating group) is 1. The summed E-state index contributed by atoms with van der Waals surface area (Å²) in [6, 6.07) is 4.77. The Hall–Kier alpha value is -0.410. The Labute approximate surface area is 132 Å². The number of rotatable bonds is 11. The molecular formula is C17H29BrN2. The predicted molar refractivity (Wildman–Crippen MR) is 91.1 cm³/mol. The lowest BCUT2D eigenvalue weighted by Gasteiger charge is -2.17. The van der Waals surface area contributed by atoms with E-state index in [-0.39, 0.29) is 0 Å². The van der Waals surface area contributed by atoms with Crippen molar-refractivity contribution in [1.29, 1.82) is 0 Å². The number of nitrogens with one attached hydrogen (secondary N) is 1. The largest absolute Gasteiger partial charge is 0.314 e. The summed E-state index contributed by atoms with van der Waals surface area (Å²) >= 11 is 3.44. The van der Waals surface area contributed by atoms with Crippen LogP contribution in [0.1, 0.15) is 64.5 Å². The molecule has 1 heterocycles. The average molecular weight is 341 g/mol. The van der Waals surface area contributed by atoms with Crippen LogP contribution in [-0.2, 0) is 6.42 Å². The molecule has 0 saturated heterocycles. The van der Waals surface area contributed by atoms with Crippen molar-refractivity contribution < 1.29 is 0 Å². The Kier molecular flexibility index (Phi) is 9.94. The third-order valence-electron chi connectivity index (χ3n) is 3.64. The van der Waals surface area contributed by atoms with Gasteiger partial charge in [0, 0.05) is 28.8 Å². The highest BCUT2D eigenvalue weighted by molar-refractivity contribution is 9.10. The lowest BCUT2D eigenvalue weighted by atomic mass is 10.0. The summed E-state index contributed by atoms with van der Waals surface area (Å²) in [5.74, 6) is 0. The third-order valence-corrected chi connectivity index (χ3v) is 4.11. The fraction of sp³-hybridized carbons (Fsp3) is 0.706. The molecule has 0 fully saturated rings. The number of aromatic nitrogens is 1. The van der Waals surface area contributed by atoms with Gasteiger partial charge in [-0.2, -0.15) is 0 Å². The van der Waals surface area contributed by atoms with Crippen molar-refractivity contribution in [3.63, 3.8) is 0 Å². The van der Waals surface area contributed by atoms with E-state index >= 15 is 0 Å². The summed E-state index contributed by atoms with van der Waals surface area (Å²) in [6.45, 7) is 5.49. The van der Waals surface area contributed by atoms with E-state index in [2.05, 4.69) is 52.2 Å². The summed E-state index contributed by atoms with van der Waals surface area (Å²) in [7, 11) is 0. The van der Waals surface area contributed by atoms with Crippen LogP contribution >= 0.6 is 15.9 Å². The highest BCUT2D eigenvalue weighted by atomic mass is 79.9. The van der Waals surface area contributed by atoms with Gasteiger partial charge in [0.25, 0.3) is 0 Å². The zero-order valence-electron chi connectivity index (χ0n) is 13.0. The first-order valence-electron chi connectivity index (χ1n) is 8.10. The van der Waals surface area contributed by atoms with Crippen LogP contribution in [0.15, 0.2) is 22.8 Å². The van der Waals surface area contributed by atoms with E-state index in [0.29, 0.717) is 6.04 Å². The van der Waals surface area contributed by atoms with Crippen LogP contribution in [-0.4, -0.2) is 17.6 Å². The van der Waals surface area contributed by atoms with Gasteiger partial charge in [0.1, 0.15) is 0 Å². The first-order valence-corrected chi connectivity index (χ1v) is 8.89. The smallest absolute Gasteiger partial charge is 0.0419 e. The van der Waals surface area contributed by atoms with Crippen LogP contribution in [0.3, 0.4) is 0 Å². The maximum absolute atomic E-state index is 4.48. The van der Waals surface area contributed by atoms with E-state index in [1.807, 2.05) is 6.20 Å². The van der Waals surface area contributed by atoms with Crippen LogP contribution in [0.5, 0.6) is 0 Å². The molecule has 0 aliphatic carbocycles. The molecule has 20 heavy (non-hydrogen) atoms. The molecule has 0 aliphatic heterocycles.